The first-order chi connectivity index (χ1) is 17.2. The molecule has 35 heavy (non-hydrogen) atoms. The number of nitrogens with one attached hydrogen (secondary N) is 1. The highest BCUT2D eigenvalue weighted by Crippen LogP contribution is 2.32. The van der Waals surface area contributed by atoms with Crippen molar-refractivity contribution in [1.82, 2.24) is 19.8 Å². The largest absolute Gasteiger partial charge is 0.353 e. The molecule has 0 radical (unpaired) electrons. The molecule has 190 valence electrons. The fourth-order valence-corrected chi connectivity index (χ4v) is 7.25. The molecular weight excluding hydrogens is 456 g/mol. The molecule has 3 aliphatic carbocycles. The lowest BCUT2D eigenvalue weighted by molar-refractivity contribution is -0.138. The third-order valence-electron chi connectivity index (χ3n) is 8.19. The van der Waals surface area contributed by atoms with Gasteiger partial charge >= 0.3 is 0 Å². The van der Waals surface area contributed by atoms with Gasteiger partial charge in [-0.2, -0.15) is 0 Å². The van der Waals surface area contributed by atoms with E-state index in [9.17, 15) is 9.59 Å². The number of benzene rings is 1. The van der Waals surface area contributed by atoms with Crippen LogP contribution in [-0.4, -0.2) is 50.1 Å². The fraction of sp³-hybridized carbons (Fsp3) is 0.679. The molecule has 0 atom stereocenters. The summed E-state index contributed by atoms with van der Waals surface area (Å²) in [6.45, 7) is 0.306. The summed E-state index contributed by atoms with van der Waals surface area (Å²) >= 11 is 1.46. The van der Waals surface area contributed by atoms with Crippen LogP contribution in [0.2, 0.25) is 0 Å². The van der Waals surface area contributed by atoms with E-state index in [-0.39, 0.29) is 11.8 Å². The van der Waals surface area contributed by atoms with Gasteiger partial charge in [-0.3, -0.25) is 9.59 Å². The maximum absolute atomic E-state index is 14.0. The van der Waals surface area contributed by atoms with Crippen LogP contribution in [0.3, 0.4) is 0 Å². The SMILES string of the molecule is O=C(CSc1nc2ccccc2n1CC(=O)N(C1CCCCC1)C1CCCCC1)NC1CCCC1. The molecule has 3 saturated carbocycles. The van der Waals surface area contributed by atoms with E-state index >= 15 is 0 Å². The second-order valence-corrected chi connectivity index (χ2v) is 11.6. The number of fused-ring (bicyclic) bond motifs is 1. The smallest absolute Gasteiger partial charge is 0.243 e. The molecular formula is C28H40N4O2S. The molecule has 2 amide bonds. The van der Waals surface area contributed by atoms with Crippen LogP contribution in [0.5, 0.6) is 0 Å². The predicted molar refractivity (Wildman–Crippen MR) is 141 cm³/mol. The molecule has 0 saturated heterocycles. The quantitative estimate of drug-likeness (QED) is 0.478. The zero-order valence-corrected chi connectivity index (χ0v) is 21.7. The lowest BCUT2D eigenvalue weighted by atomic mass is 9.88. The number of carbonyl (C=O) groups is 2. The number of para-hydroxylation sites is 2. The summed E-state index contributed by atoms with van der Waals surface area (Å²) in [4.78, 5) is 33.7. The summed E-state index contributed by atoms with van der Waals surface area (Å²) in [6.07, 6.45) is 16.6. The Morgan fingerprint density at radius 2 is 1.49 bits per heavy atom. The predicted octanol–water partition coefficient (Wildman–Crippen LogP) is 5.68. The van der Waals surface area contributed by atoms with Crippen LogP contribution in [0, 0.1) is 0 Å². The topological polar surface area (TPSA) is 67.2 Å². The molecule has 6 nitrogen and oxygen atoms in total. The molecule has 5 rings (SSSR count). The average Bonchev–Trinajstić information content (AvgIpc) is 3.52. The Hall–Kier alpha value is -2.02. The molecule has 0 bridgehead atoms. The normalized spacial score (nSPS) is 20.3. The van der Waals surface area contributed by atoms with E-state index in [1.54, 1.807) is 0 Å². The van der Waals surface area contributed by atoms with Crippen molar-refractivity contribution in [2.24, 2.45) is 0 Å². The van der Waals surface area contributed by atoms with Crippen molar-refractivity contribution in [1.29, 1.82) is 0 Å². The molecule has 1 aromatic heterocycles. The van der Waals surface area contributed by atoms with Crippen LogP contribution in [0.1, 0.15) is 89.9 Å². The lowest BCUT2D eigenvalue weighted by Crippen LogP contribution is -2.50. The minimum absolute atomic E-state index is 0.0675. The minimum Gasteiger partial charge on any atom is -0.353 e. The number of amides is 2. The number of imidazole rings is 1. The van der Waals surface area contributed by atoms with Crippen molar-refractivity contribution in [2.45, 2.75) is 120 Å². The Bertz CT molecular complexity index is 986. The summed E-state index contributed by atoms with van der Waals surface area (Å²) in [5.41, 5.74) is 1.87. The van der Waals surface area contributed by atoms with Gasteiger partial charge in [-0.05, 0) is 50.7 Å². The number of aromatic nitrogens is 2. The first-order valence-corrected chi connectivity index (χ1v) is 14.9. The van der Waals surface area contributed by atoms with Crippen molar-refractivity contribution in [3.63, 3.8) is 0 Å². The number of hydrogen-bond acceptors (Lipinski definition) is 4. The van der Waals surface area contributed by atoms with Crippen LogP contribution >= 0.6 is 11.8 Å². The summed E-state index contributed by atoms with van der Waals surface area (Å²) < 4.78 is 2.06. The van der Waals surface area contributed by atoms with Gasteiger partial charge in [0.25, 0.3) is 0 Å². The molecule has 0 unspecified atom stereocenters. The third-order valence-corrected chi connectivity index (χ3v) is 9.17. The highest BCUT2D eigenvalue weighted by Gasteiger charge is 2.33. The fourth-order valence-electron chi connectivity index (χ4n) is 6.43. The van der Waals surface area contributed by atoms with Gasteiger partial charge in [-0.1, -0.05) is 75.3 Å². The Kier molecular flexibility index (Phi) is 8.32. The molecule has 0 aliphatic heterocycles. The van der Waals surface area contributed by atoms with E-state index in [4.69, 9.17) is 4.98 Å². The molecule has 7 heteroatoms. The first kappa shape index (κ1) is 24.7. The van der Waals surface area contributed by atoms with E-state index in [0.717, 1.165) is 54.7 Å². The average molecular weight is 497 g/mol. The first-order valence-electron chi connectivity index (χ1n) is 13.9. The van der Waals surface area contributed by atoms with Crippen molar-refractivity contribution < 1.29 is 9.59 Å². The zero-order valence-electron chi connectivity index (χ0n) is 20.9. The molecule has 3 aliphatic rings. The maximum Gasteiger partial charge on any atom is 0.243 e. The van der Waals surface area contributed by atoms with Crippen LogP contribution in [0.4, 0.5) is 0 Å². The molecule has 1 heterocycles. The molecule has 1 N–H and O–H groups in total. The van der Waals surface area contributed by atoms with Gasteiger partial charge in [0.1, 0.15) is 6.54 Å². The van der Waals surface area contributed by atoms with Gasteiger partial charge in [0.05, 0.1) is 16.8 Å². The Balaban J connectivity index is 1.34. The molecule has 0 spiro atoms. The van der Waals surface area contributed by atoms with Gasteiger partial charge < -0.3 is 14.8 Å². The minimum atomic E-state index is 0.0675. The van der Waals surface area contributed by atoms with Crippen molar-refractivity contribution in [3.8, 4) is 0 Å². The number of hydrogen-bond donors (Lipinski definition) is 1. The number of rotatable bonds is 8. The Labute approximate surface area is 213 Å². The zero-order chi connectivity index (χ0) is 24.0. The van der Waals surface area contributed by atoms with Crippen LogP contribution in [-0.2, 0) is 16.1 Å². The second-order valence-electron chi connectivity index (χ2n) is 10.7. The molecule has 1 aromatic carbocycles. The molecule has 2 aromatic rings. The van der Waals surface area contributed by atoms with E-state index in [0.29, 0.717) is 30.4 Å². The summed E-state index contributed by atoms with van der Waals surface area (Å²) in [7, 11) is 0. The van der Waals surface area contributed by atoms with Crippen LogP contribution in [0.15, 0.2) is 29.4 Å². The van der Waals surface area contributed by atoms with Gasteiger partial charge in [-0.15, -0.1) is 0 Å². The van der Waals surface area contributed by atoms with Gasteiger partial charge in [0, 0.05) is 18.1 Å². The summed E-state index contributed by atoms with van der Waals surface area (Å²) in [5, 5.41) is 3.95. The third kappa shape index (κ3) is 6.04. The Morgan fingerprint density at radius 1 is 0.886 bits per heavy atom. The van der Waals surface area contributed by atoms with Crippen molar-refractivity contribution >= 4 is 34.6 Å². The number of carbonyl (C=O) groups excluding carboxylic acids is 2. The number of nitrogens with zero attached hydrogens (tertiary/aromatic N) is 3. The van der Waals surface area contributed by atoms with E-state index < -0.39 is 0 Å². The highest BCUT2D eigenvalue weighted by molar-refractivity contribution is 7.99. The van der Waals surface area contributed by atoms with Gasteiger partial charge in [0.15, 0.2) is 5.16 Å². The molecule has 3 fully saturated rings. The van der Waals surface area contributed by atoms with E-state index in [2.05, 4.69) is 14.8 Å². The van der Waals surface area contributed by atoms with Crippen LogP contribution in [0.25, 0.3) is 11.0 Å². The lowest BCUT2D eigenvalue weighted by Gasteiger charge is -2.42. The standard InChI is InChI=1S/C28H40N4O2S/c33-26(29-21-11-7-8-12-21)20-35-28-30-24-17-9-10-18-25(24)31(28)19-27(34)32(22-13-3-1-4-14-22)23-15-5-2-6-16-23/h9-10,17-18,21-23H,1-8,11-16,19-20H2,(H,29,33). The van der Waals surface area contributed by atoms with E-state index in [1.165, 1.54) is 63.1 Å². The summed E-state index contributed by atoms with van der Waals surface area (Å²) in [5.74, 6) is 0.630. The van der Waals surface area contributed by atoms with Gasteiger partial charge in [-0.25, -0.2) is 4.98 Å². The number of thioether (sulfide) groups is 1. The Morgan fingerprint density at radius 3 is 2.14 bits per heavy atom. The monoisotopic (exact) mass is 496 g/mol. The highest BCUT2D eigenvalue weighted by atomic mass is 32.2. The summed E-state index contributed by atoms with van der Waals surface area (Å²) in [6, 6.07) is 9.11. The van der Waals surface area contributed by atoms with Gasteiger partial charge in [0.2, 0.25) is 11.8 Å². The maximum atomic E-state index is 14.0. The van der Waals surface area contributed by atoms with Crippen molar-refractivity contribution in [3.05, 3.63) is 24.3 Å². The van der Waals surface area contributed by atoms with Crippen molar-refractivity contribution in [2.75, 3.05) is 5.75 Å². The van der Waals surface area contributed by atoms with Crippen LogP contribution < -0.4 is 5.32 Å². The second kappa shape index (κ2) is 11.8. The van der Waals surface area contributed by atoms with E-state index in [1.807, 2.05) is 24.3 Å².